The fraction of sp³-hybridized carbons (Fsp3) is 0.588. The van der Waals surface area contributed by atoms with Gasteiger partial charge in [-0.05, 0) is 37.2 Å². The number of aliphatic hydroxyl groups excluding tert-OH is 1. The minimum atomic E-state index is -0.671. The predicted octanol–water partition coefficient (Wildman–Crippen LogP) is 3.53. The van der Waals surface area contributed by atoms with Crippen LogP contribution in [0.15, 0.2) is 30.3 Å². The molecule has 1 aromatic rings. The van der Waals surface area contributed by atoms with Gasteiger partial charge >= 0.3 is 5.97 Å². The molecule has 1 fully saturated rings. The van der Waals surface area contributed by atoms with Gasteiger partial charge in [0.15, 0.2) is 0 Å². The van der Waals surface area contributed by atoms with E-state index in [0.717, 1.165) is 25.7 Å². The summed E-state index contributed by atoms with van der Waals surface area (Å²) in [7, 11) is 0. The Balaban J connectivity index is 2.06. The first-order chi connectivity index (χ1) is 10.1. The van der Waals surface area contributed by atoms with Crippen molar-refractivity contribution in [1.82, 2.24) is 0 Å². The van der Waals surface area contributed by atoms with Crippen LogP contribution < -0.4 is 0 Å². The van der Waals surface area contributed by atoms with E-state index >= 15 is 0 Å². The highest BCUT2D eigenvalue weighted by atomic mass is 32.2. The van der Waals surface area contributed by atoms with Crippen LogP contribution in [0.25, 0.3) is 0 Å². The minimum Gasteiger partial charge on any atom is -0.481 e. The Labute approximate surface area is 130 Å². The molecule has 21 heavy (non-hydrogen) atoms. The summed E-state index contributed by atoms with van der Waals surface area (Å²) < 4.78 is 0. The zero-order valence-corrected chi connectivity index (χ0v) is 13.3. The van der Waals surface area contributed by atoms with Crippen molar-refractivity contribution in [2.75, 3.05) is 6.61 Å². The second-order valence-corrected chi connectivity index (χ2v) is 7.55. The van der Waals surface area contributed by atoms with Crippen LogP contribution in [0.5, 0.6) is 0 Å². The SMILES string of the molecule is CC(CCO)SC1CC(c2ccccc2)CCC1C(=O)O. The van der Waals surface area contributed by atoms with Gasteiger partial charge in [-0.2, -0.15) is 11.8 Å². The van der Waals surface area contributed by atoms with Crippen molar-refractivity contribution < 1.29 is 15.0 Å². The average molecular weight is 308 g/mol. The van der Waals surface area contributed by atoms with Crippen molar-refractivity contribution in [1.29, 1.82) is 0 Å². The number of rotatable bonds is 6. The molecule has 0 heterocycles. The largest absolute Gasteiger partial charge is 0.481 e. The summed E-state index contributed by atoms with van der Waals surface area (Å²) in [5.41, 5.74) is 1.32. The van der Waals surface area contributed by atoms with Crippen LogP contribution in [0.4, 0.5) is 0 Å². The molecule has 2 N–H and O–H groups in total. The Morgan fingerprint density at radius 2 is 2.05 bits per heavy atom. The Kier molecular flexibility index (Phi) is 6.12. The molecule has 0 aromatic heterocycles. The normalized spacial score (nSPS) is 27.2. The Bertz CT molecular complexity index is 449. The Morgan fingerprint density at radius 1 is 1.33 bits per heavy atom. The molecule has 0 aliphatic heterocycles. The predicted molar refractivity (Wildman–Crippen MR) is 86.7 cm³/mol. The van der Waals surface area contributed by atoms with E-state index in [1.165, 1.54) is 5.56 Å². The lowest BCUT2D eigenvalue weighted by Crippen LogP contribution is -2.33. The van der Waals surface area contributed by atoms with E-state index in [-0.39, 0.29) is 17.8 Å². The second-order valence-electron chi connectivity index (χ2n) is 5.86. The molecule has 1 aromatic carbocycles. The molecular weight excluding hydrogens is 284 g/mol. The van der Waals surface area contributed by atoms with E-state index in [1.807, 2.05) is 6.07 Å². The van der Waals surface area contributed by atoms with E-state index in [2.05, 4.69) is 31.2 Å². The number of aliphatic hydroxyl groups is 1. The van der Waals surface area contributed by atoms with E-state index in [1.54, 1.807) is 11.8 Å². The lowest BCUT2D eigenvalue weighted by atomic mass is 9.78. The highest BCUT2D eigenvalue weighted by Crippen LogP contribution is 2.43. The number of hydrogen-bond donors (Lipinski definition) is 2. The van der Waals surface area contributed by atoms with Crippen LogP contribution in [-0.2, 0) is 4.79 Å². The zero-order valence-electron chi connectivity index (χ0n) is 12.4. The summed E-state index contributed by atoms with van der Waals surface area (Å²) in [5, 5.41) is 18.9. The van der Waals surface area contributed by atoms with Gasteiger partial charge in [0.05, 0.1) is 5.92 Å². The number of thioether (sulfide) groups is 1. The fourth-order valence-corrected chi connectivity index (χ4v) is 4.76. The van der Waals surface area contributed by atoms with Crippen molar-refractivity contribution in [2.45, 2.75) is 49.0 Å². The highest BCUT2D eigenvalue weighted by Gasteiger charge is 2.36. The number of benzene rings is 1. The van der Waals surface area contributed by atoms with Gasteiger partial charge in [-0.15, -0.1) is 0 Å². The van der Waals surface area contributed by atoms with Gasteiger partial charge in [-0.1, -0.05) is 37.3 Å². The highest BCUT2D eigenvalue weighted by molar-refractivity contribution is 8.00. The van der Waals surface area contributed by atoms with Crippen LogP contribution in [0.3, 0.4) is 0 Å². The summed E-state index contributed by atoms with van der Waals surface area (Å²) in [6, 6.07) is 10.4. The van der Waals surface area contributed by atoms with E-state index in [9.17, 15) is 9.90 Å². The molecule has 116 valence electrons. The molecule has 1 aliphatic carbocycles. The van der Waals surface area contributed by atoms with Gasteiger partial charge in [0.2, 0.25) is 0 Å². The van der Waals surface area contributed by atoms with Crippen molar-refractivity contribution in [3.8, 4) is 0 Å². The van der Waals surface area contributed by atoms with Gasteiger partial charge in [-0.3, -0.25) is 4.79 Å². The molecule has 2 rings (SSSR count). The molecule has 0 spiro atoms. The minimum absolute atomic E-state index is 0.142. The van der Waals surface area contributed by atoms with E-state index in [4.69, 9.17) is 5.11 Å². The average Bonchev–Trinajstić information content (AvgIpc) is 2.48. The summed E-state index contributed by atoms with van der Waals surface area (Å²) in [5.74, 6) is -0.466. The quantitative estimate of drug-likeness (QED) is 0.844. The lowest BCUT2D eigenvalue weighted by molar-refractivity contribution is -0.142. The molecular formula is C17H24O3S. The van der Waals surface area contributed by atoms with Crippen LogP contribution in [0.2, 0.25) is 0 Å². The third-order valence-corrected chi connectivity index (χ3v) is 5.89. The summed E-state index contributed by atoms with van der Waals surface area (Å²) >= 11 is 1.74. The maximum Gasteiger partial charge on any atom is 0.307 e. The van der Waals surface area contributed by atoms with Gasteiger partial charge < -0.3 is 10.2 Å². The molecule has 0 amide bonds. The van der Waals surface area contributed by atoms with Crippen molar-refractivity contribution >= 4 is 17.7 Å². The van der Waals surface area contributed by atoms with Crippen molar-refractivity contribution in [2.24, 2.45) is 5.92 Å². The first kappa shape index (κ1) is 16.4. The molecule has 0 bridgehead atoms. The fourth-order valence-electron chi connectivity index (χ4n) is 3.14. The summed E-state index contributed by atoms with van der Waals surface area (Å²) in [6.07, 6.45) is 3.34. The maximum atomic E-state index is 11.5. The molecule has 1 saturated carbocycles. The van der Waals surface area contributed by atoms with Crippen LogP contribution >= 0.6 is 11.8 Å². The van der Waals surface area contributed by atoms with Crippen molar-refractivity contribution in [3.05, 3.63) is 35.9 Å². The zero-order chi connectivity index (χ0) is 15.2. The monoisotopic (exact) mass is 308 g/mol. The molecule has 0 radical (unpaired) electrons. The van der Waals surface area contributed by atoms with Gasteiger partial charge in [-0.25, -0.2) is 0 Å². The first-order valence-electron chi connectivity index (χ1n) is 7.66. The Morgan fingerprint density at radius 3 is 2.67 bits per heavy atom. The third kappa shape index (κ3) is 4.48. The second kappa shape index (κ2) is 7.85. The number of hydrogen-bond acceptors (Lipinski definition) is 3. The van der Waals surface area contributed by atoms with E-state index < -0.39 is 5.97 Å². The molecule has 3 nitrogen and oxygen atoms in total. The molecule has 4 heteroatoms. The smallest absolute Gasteiger partial charge is 0.307 e. The summed E-state index contributed by atoms with van der Waals surface area (Å²) in [6.45, 7) is 2.24. The van der Waals surface area contributed by atoms with Crippen LogP contribution in [-0.4, -0.2) is 33.3 Å². The number of carboxylic acids is 1. The maximum absolute atomic E-state index is 11.5. The topological polar surface area (TPSA) is 57.5 Å². The molecule has 0 saturated heterocycles. The van der Waals surface area contributed by atoms with Gasteiger partial charge in [0.25, 0.3) is 0 Å². The van der Waals surface area contributed by atoms with E-state index in [0.29, 0.717) is 11.2 Å². The van der Waals surface area contributed by atoms with Gasteiger partial charge in [0.1, 0.15) is 0 Å². The molecule has 1 aliphatic rings. The number of carbonyl (C=O) groups is 1. The number of aliphatic carboxylic acids is 1. The molecule has 4 atom stereocenters. The van der Waals surface area contributed by atoms with Crippen LogP contribution in [0, 0.1) is 5.92 Å². The molecule has 4 unspecified atom stereocenters. The standard InChI is InChI=1S/C17H24O3S/c1-12(9-10-18)21-16-11-14(7-8-15(16)17(19)20)13-5-3-2-4-6-13/h2-6,12,14-16,18H,7-11H2,1H3,(H,19,20). The Hall–Kier alpha value is -1.00. The third-order valence-electron chi connectivity index (χ3n) is 4.32. The van der Waals surface area contributed by atoms with Gasteiger partial charge in [0, 0.05) is 17.1 Å². The first-order valence-corrected chi connectivity index (χ1v) is 8.60. The van der Waals surface area contributed by atoms with Crippen LogP contribution in [0.1, 0.15) is 44.1 Å². The number of carboxylic acid groups (broad SMARTS) is 1. The van der Waals surface area contributed by atoms with Crippen molar-refractivity contribution in [3.63, 3.8) is 0 Å². The summed E-state index contributed by atoms with van der Waals surface area (Å²) in [4.78, 5) is 11.5. The lowest BCUT2D eigenvalue weighted by Gasteiger charge is -2.35.